The molecule has 0 spiro atoms. The van der Waals surface area contributed by atoms with E-state index in [4.69, 9.17) is 10.2 Å². The largest absolute Gasteiger partial charge is 0.442 e. The van der Waals surface area contributed by atoms with E-state index in [-0.39, 0.29) is 0 Å². The Kier molecular flexibility index (Phi) is 1.09. The SMILES string of the molecule is Cc1cc2ncc(N)nc2o1. The molecule has 0 unspecified atom stereocenters. The summed E-state index contributed by atoms with van der Waals surface area (Å²) < 4.78 is 5.20. The van der Waals surface area contributed by atoms with E-state index in [0.29, 0.717) is 11.5 Å². The van der Waals surface area contributed by atoms with Crippen molar-refractivity contribution in [1.82, 2.24) is 9.97 Å². The fourth-order valence-electron chi connectivity index (χ4n) is 0.943. The number of furan rings is 1. The van der Waals surface area contributed by atoms with Crippen LogP contribution in [0.5, 0.6) is 0 Å². The molecule has 0 saturated heterocycles. The minimum atomic E-state index is 0.381. The highest BCUT2D eigenvalue weighted by atomic mass is 16.3. The zero-order valence-corrected chi connectivity index (χ0v) is 6.03. The molecule has 4 nitrogen and oxygen atoms in total. The molecule has 0 bridgehead atoms. The Labute approximate surface area is 63.1 Å². The molecule has 0 saturated carbocycles. The van der Waals surface area contributed by atoms with E-state index >= 15 is 0 Å². The summed E-state index contributed by atoms with van der Waals surface area (Å²) >= 11 is 0. The van der Waals surface area contributed by atoms with Crippen molar-refractivity contribution in [2.75, 3.05) is 5.73 Å². The Morgan fingerprint density at radius 2 is 2.36 bits per heavy atom. The van der Waals surface area contributed by atoms with Crippen LogP contribution in [0.15, 0.2) is 16.7 Å². The molecule has 2 aromatic heterocycles. The molecule has 2 N–H and O–H groups in total. The first-order chi connectivity index (χ1) is 5.25. The van der Waals surface area contributed by atoms with Crippen molar-refractivity contribution in [3.8, 4) is 0 Å². The van der Waals surface area contributed by atoms with Crippen molar-refractivity contribution in [2.45, 2.75) is 6.92 Å². The normalized spacial score (nSPS) is 10.6. The number of nitrogen functional groups attached to an aromatic ring is 1. The van der Waals surface area contributed by atoms with Gasteiger partial charge in [-0.25, -0.2) is 4.98 Å². The monoisotopic (exact) mass is 149 g/mol. The molecular weight excluding hydrogens is 142 g/mol. The maximum Gasteiger partial charge on any atom is 0.247 e. The van der Waals surface area contributed by atoms with Crippen molar-refractivity contribution in [3.63, 3.8) is 0 Å². The first kappa shape index (κ1) is 6.15. The minimum Gasteiger partial charge on any atom is -0.442 e. The van der Waals surface area contributed by atoms with Gasteiger partial charge in [0.2, 0.25) is 5.71 Å². The lowest BCUT2D eigenvalue weighted by Gasteiger charge is -1.87. The van der Waals surface area contributed by atoms with Gasteiger partial charge in [-0.05, 0) is 6.92 Å². The molecule has 2 aromatic rings. The molecule has 2 rings (SSSR count). The van der Waals surface area contributed by atoms with E-state index in [2.05, 4.69) is 9.97 Å². The Morgan fingerprint density at radius 3 is 3.18 bits per heavy atom. The highest BCUT2D eigenvalue weighted by Crippen LogP contribution is 2.14. The standard InChI is InChI=1S/C7H7N3O/c1-4-2-5-7(11-4)10-6(8)3-9-5/h2-3H,1H3,(H2,8,10). The summed E-state index contributed by atoms with van der Waals surface area (Å²) in [6, 6.07) is 1.82. The molecule has 0 radical (unpaired) electrons. The molecule has 11 heavy (non-hydrogen) atoms. The number of aryl methyl sites for hydroxylation is 1. The van der Waals surface area contributed by atoms with E-state index in [9.17, 15) is 0 Å². The zero-order chi connectivity index (χ0) is 7.84. The molecule has 0 aliphatic heterocycles. The molecule has 0 amide bonds. The number of fused-ring (bicyclic) bond motifs is 1. The van der Waals surface area contributed by atoms with Gasteiger partial charge < -0.3 is 10.2 Å². The van der Waals surface area contributed by atoms with Crippen LogP contribution in [-0.2, 0) is 0 Å². The first-order valence-corrected chi connectivity index (χ1v) is 3.24. The predicted octanol–water partition coefficient (Wildman–Crippen LogP) is 1.11. The van der Waals surface area contributed by atoms with Gasteiger partial charge in [0, 0.05) is 6.07 Å². The molecule has 0 aliphatic rings. The van der Waals surface area contributed by atoms with Crippen LogP contribution in [0, 0.1) is 6.92 Å². The first-order valence-electron chi connectivity index (χ1n) is 3.24. The Hall–Kier alpha value is -1.58. The fraction of sp³-hybridized carbons (Fsp3) is 0.143. The van der Waals surface area contributed by atoms with Crippen LogP contribution < -0.4 is 5.73 Å². The third-order valence-corrected chi connectivity index (χ3v) is 1.38. The summed E-state index contributed by atoms with van der Waals surface area (Å²) in [5, 5.41) is 0. The van der Waals surface area contributed by atoms with Crippen molar-refractivity contribution < 1.29 is 4.42 Å². The number of aromatic nitrogens is 2. The zero-order valence-electron chi connectivity index (χ0n) is 6.03. The highest BCUT2D eigenvalue weighted by molar-refractivity contribution is 5.69. The molecule has 56 valence electrons. The van der Waals surface area contributed by atoms with Crippen LogP contribution in [0.1, 0.15) is 5.76 Å². The molecule has 4 heteroatoms. The van der Waals surface area contributed by atoms with Crippen molar-refractivity contribution in [3.05, 3.63) is 18.0 Å². The van der Waals surface area contributed by atoms with Crippen LogP contribution in [0.2, 0.25) is 0 Å². The van der Waals surface area contributed by atoms with E-state index in [0.717, 1.165) is 11.3 Å². The lowest BCUT2D eigenvalue weighted by molar-refractivity contribution is 0.567. The van der Waals surface area contributed by atoms with Gasteiger partial charge >= 0.3 is 0 Å². The second-order valence-corrected chi connectivity index (χ2v) is 2.34. The third kappa shape index (κ3) is 0.920. The maximum absolute atomic E-state index is 5.40. The van der Waals surface area contributed by atoms with Crippen LogP contribution in [-0.4, -0.2) is 9.97 Å². The van der Waals surface area contributed by atoms with Gasteiger partial charge in [-0.3, -0.25) is 0 Å². The summed E-state index contributed by atoms with van der Waals surface area (Å²) in [5.41, 5.74) is 6.65. The Bertz CT molecular complexity index is 393. The average molecular weight is 149 g/mol. The van der Waals surface area contributed by atoms with E-state index in [1.165, 1.54) is 6.20 Å². The Morgan fingerprint density at radius 1 is 1.55 bits per heavy atom. The van der Waals surface area contributed by atoms with Gasteiger partial charge in [0.1, 0.15) is 17.1 Å². The third-order valence-electron chi connectivity index (χ3n) is 1.38. The number of hydrogen-bond donors (Lipinski definition) is 1. The van der Waals surface area contributed by atoms with Gasteiger partial charge in [-0.2, -0.15) is 4.98 Å². The number of nitrogens with zero attached hydrogens (tertiary/aromatic N) is 2. The van der Waals surface area contributed by atoms with Crippen LogP contribution >= 0.6 is 0 Å². The van der Waals surface area contributed by atoms with Crippen molar-refractivity contribution >= 4 is 17.0 Å². The molecule has 0 aromatic carbocycles. The number of anilines is 1. The Balaban J connectivity index is 2.82. The van der Waals surface area contributed by atoms with Gasteiger partial charge in [0.15, 0.2) is 0 Å². The lowest BCUT2D eigenvalue weighted by atomic mass is 10.4. The predicted molar refractivity (Wildman–Crippen MR) is 41.0 cm³/mol. The van der Waals surface area contributed by atoms with Gasteiger partial charge in [0.25, 0.3) is 0 Å². The summed E-state index contributed by atoms with van der Waals surface area (Å²) in [4.78, 5) is 7.97. The van der Waals surface area contributed by atoms with Gasteiger partial charge in [-0.1, -0.05) is 0 Å². The smallest absolute Gasteiger partial charge is 0.247 e. The highest BCUT2D eigenvalue weighted by Gasteiger charge is 2.01. The van der Waals surface area contributed by atoms with E-state index < -0.39 is 0 Å². The molecule has 2 heterocycles. The fourth-order valence-corrected chi connectivity index (χ4v) is 0.943. The summed E-state index contributed by atoms with van der Waals surface area (Å²) in [6.45, 7) is 1.85. The second kappa shape index (κ2) is 1.95. The molecule has 0 aliphatic carbocycles. The van der Waals surface area contributed by atoms with Crippen molar-refractivity contribution in [2.24, 2.45) is 0 Å². The van der Waals surface area contributed by atoms with Crippen LogP contribution in [0.3, 0.4) is 0 Å². The maximum atomic E-state index is 5.40. The lowest BCUT2D eigenvalue weighted by Crippen LogP contribution is -1.89. The second-order valence-electron chi connectivity index (χ2n) is 2.34. The molecule has 0 fully saturated rings. The number of hydrogen-bond acceptors (Lipinski definition) is 4. The summed E-state index contributed by atoms with van der Waals surface area (Å²) in [6.07, 6.45) is 1.51. The van der Waals surface area contributed by atoms with Crippen LogP contribution in [0.4, 0.5) is 5.82 Å². The number of rotatable bonds is 0. The van der Waals surface area contributed by atoms with Crippen LogP contribution in [0.25, 0.3) is 11.2 Å². The van der Waals surface area contributed by atoms with Crippen molar-refractivity contribution in [1.29, 1.82) is 0 Å². The topological polar surface area (TPSA) is 64.9 Å². The van der Waals surface area contributed by atoms with Gasteiger partial charge in [0.05, 0.1) is 6.20 Å². The van der Waals surface area contributed by atoms with Gasteiger partial charge in [-0.15, -0.1) is 0 Å². The quantitative estimate of drug-likeness (QED) is 0.609. The number of nitrogens with two attached hydrogens (primary N) is 1. The average Bonchev–Trinajstić information content (AvgIpc) is 2.27. The van der Waals surface area contributed by atoms with E-state index in [1.807, 2.05) is 13.0 Å². The van der Waals surface area contributed by atoms with E-state index in [1.54, 1.807) is 0 Å². The molecular formula is C7H7N3O. The molecule has 0 atom stereocenters. The summed E-state index contributed by atoms with van der Waals surface area (Å²) in [5.74, 6) is 1.18. The minimum absolute atomic E-state index is 0.381. The summed E-state index contributed by atoms with van der Waals surface area (Å²) in [7, 11) is 0.